The molecule has 2 unspecified atom stereocenters. The van der Waals surface area contributed by atoms with Gasteiger partial charge in [0.1, 0.15) is 8.07 Å². The average Bonchev–Trinajstić information content (AvgIpc) is 2.54. The van der Waals surface area contributed by atoms with Crippen LogP contribution in [0.4, 0.5) is 0 Å². The van der Waals surface area contributed by atoms with Gasteiger partial charge in [0, 0.05) is 13.7 Å². The Morgan fingerprint density at radius 3 is 2.50 bits per heavy atom. The van der Waals surface area contributed by atoms with E-state index in [1.54, 1.807) is 0 Å². The van der Waals surface area contributed by atoms with E-state index in [4.69, 9.17) is 0 Å². The highest BCUT2D eigenvalue weighted by atomic mass is 31.2. The summed E-state index contributed by atoms with van der Waals surface area (Å²) < 4.78 is 12.5. The summed E-state index contributed by atoms with van der Waals surface area (Å²) in [7, 11) is -5.23. The maximum atomic E-state index is 12.5. The summed E-state index contributed by atoms with van der Waals surface area (Å²) in [5, 5.41) is 1.27. The minimum absolute atomic E-state index is 0.253. The predicted molar refractivity (Wildman–Crippen MR) is 95.5 cm³/mol. The number of likely N-dealkylation sites (tertiary alicyclic amines) is 1. The Kier molecular flexibility index (Phi) is 6.22. The first-order valence-electron chi connectivity index (χ1n) is 8.16. The summed E-state index contributed by atoms with van der Waals surface area (Å²) in [4.78, 5) is 14.6. The van der Waals surface area contributed by atoms with Crippen LogP contribution in [0.1, 0.15) is 19.3 Å². The molecule has 0 aromatic heterocycles. The van der Waals surface area contributed by atoms with Crippen LogP contribution < -0.4 is 10.1 Å². The quantitative estimate of drug-likeness (QED) is 0.568. The van der Waals surface area contributed by atoms with Gasteiger partial charge in [-0.2, -0.15) is 0 Å². The molecule has 1 aromatic rings. The topological polar surface area (TPSA) is 43.4 Å². The van der Waals surface area contributed by atoms with Crippen molar-refractivity contribution in [3.8, 4) is 0 Å². The Labute approximate surface area is 135 Å². The summed E-state index contributed by atoms with van der Waals surface area (Å²) in [6.45, 7) is 8.05. The van der Waals surface area contributed by atoms with Crippen LogP contribution in [0.2, 0.25) is 12.6 Å². The third-order valence-electron chi connectivity index (χ3n) is 4.72. The number of rotatable bonds is 7. The fourth-order valence-electron chi connectivity index (χ4n) is 3.06. The fraction of sp³-hybridized carbons (Fsp3) is 0.529. The first kappa shape index (κ1) is 17.7. The molecule has 5 heteroatoms. The van der Waals surface area contributed by atoms with E-state index in [0.29, 0.717) is 6.16 Å². The molecular formula is C17H27NO2PSi-. The van der Waals surface area contributed by atoms with Crippen molar-refractivity contribution in [1.82, 2.24) is 4.90 Å². The molecule has 0 radical (unpaired) electrons. The molecule has 2 atom stereocenters. The maximum Gasteiger partial charge on any atom is 0.107 e. The van der Waals surface area contributed by atoms with E-state index >= 15 is 0 Å². The molecule has 2 rings (SSSR count). The van der Waals surface area contributed by atoms with E-state index in [2.05, 4.69) is 30.2 Å². The number of nitrogens with zero attached hydrogens (tertiary/aromatic N) is 1. The number of benzene rings is 1. The minimum Gasteiger partial charge on any atom is -0.798 e. The Morgan fingerprint density at radius 1 is 1.27 bits per heavy atom. The SMILES string of the molecule is C=C[Si](C)(CCP(=O)([O-])CN1CCCCC1)c1ccccc1. The van der Waals surface area contributed by atoms with E-state index in [1.165, 1.54) is 11.6 Å². The maximum absolute atomic E-state index is 12.5. The zero-order valence-electron chi connectivity index (χ0n) is 13.5. The van der Waals surface area contributed by atoms with E-state index in [9.17, 15) is 9.46 Å². The lowest BCUT2D eigenvalue weighted by molar-refractivity contribution is -0.177. The summed E-state index contributed by atoms with van der Waals surface area (Å²) in [5.41, 5.74) is 2.02. The van der Waals surface area contributed by atoms with Crippen LogP contribution in [0, 0.1) is 0 Å². The third-order valence-corrected chi connectivity index (χ3v) is 10.7. The molecule has 0 amide bonds. The molecule has 122 valence electrons. The van der Waals surface area contributed by atoms with E-state index < -0.39 is 15.4 Å². The first-order chi connectivity index (χ1) is 10.5. The second kappa shape index (κ2) is 7.74. The smallest absolute Gasteiger partial charge is 0.107 e. The summed E-state index contributed by atoms with van der Waals surface area (Å²) >= 11 is 0. The van der Waals surface area contributed by atoms with Gasteiger partial charge in [0.15, 0.2) is 0 Å². The Hall–Kier alpha value is -0.673. The van der Waals surface area contributed by atoms with Gasteiger partial charge in [0.05, 0.1) is 0 Å². The van der Waals surface area contributed by atoms with Crippen molar-refractivity contribution >= 4 is 20.6 Å². The largest absolute Gasteiger partial charge is 0.798 e. The number of piperidine rings is 1. The van der Waals surface area contributed by atoms with Crippen LogP contribution in [-0.4, -0.2) is 38.5 Å². The van der Waals surface area contributed by atoms with E-state index in [0.717, 1.165) is 32.0 Å². The molecule has 0 bridgehead atoms. The highest BCUT2D eigenvalue weighted by Gasteiger charge is 2.27. The van der Waals surface area contributed by atoms with Gasteiger partial charge in [-0.3, -0.25) is 4.90 Å². The zero-order valence-corrected chi connectivity index (χ0v) is 15.4. The lowest BCUT2D eigenvalue weighted by Gasteiger charge is -2.35. The zero-order chi connectivity index (χ0) is 16.1. The second-order valence-electron chi connectivity index (χ2n) is 6.60. The summed E-state index contributed by atoms with van der Waals surface area (Å²) in [6, 6.07) is 11.0. The summed E-state index contributed by atoms with van der Waals surface area (Å²) in [6.07, 6.45) is 4.04. The van der Waals surface area contributed by atoms with Crippen molar-refractivity contribution in [1.29, 1.82) is 0 Å². The van der Waals surface area contributed by atoms with Crippen LogP contribution in [0.25, 0.3) is 0 Å². The van der Waals surface area contributed by atoms with Crippen molar-refractivity contribution in [2.24, 2.45) is 0 Å². The molecule has 1 heterocycles. The molecule has 3 nitrogen and oxygen atoms in total. The lowest BCUT2D eigenvalue weighted by atomic mass is 10.1. The molecule has 1 aromatic carbocycles. The van der Waals surface area contributed by atoms with Crippen molar-refractivity contribution < 1.29 is 9.46 Å². The molecule has 0 spiro atoms. The number of hydrogen-bond donors (Lipinski definition) is 0. The highest BCUT2D eigenvalue weighted by Crippen LogP contribution is 2.39. The highest BCUT2D eigenvalue weighted by molar-refractivity contribution is 7.56. The standard InChI is InChI=1S/C17H28NO2PSi/c1-3-22(2,17-10-6-4-7-11-17)15-14-21(19,20)16-18-12-8-5-9-13-18/h3-4,6-7,10-11H,1,5,8-9,12-16H2,2H3,(H,19,20)/p-1. The minimum atomic E-state index is -3.33. The monoisotopic (exact) mass is 336 g/mol. The Morgan fingerprint density at radius 2 is 1.91 bits per heavy atom. The molecular weight excluding hydrogens is 309 g/mol. The van der Waals surface area contributed by atoms with Crippen molar-refractivity contribution in [2.45, 2.75) is 31.9 Å². The van der Waals surface area contributed by atoms with Gasteiger partial charge in [0.25, 0.3) is 0 Å². The van der Waals surface area contributed by atoms with Gasteiger partial charge >= 0.3 is 0 Å². The molecule has 1 fully saturated rings. The van der Waals surface area contributed by atoms with Crippen LogP contribution in [-0.2, 0) is 4.57 Å². The molecule has 1 aliphatic rings. The molecule has 1 aliphatic heterocycles. The number of hydrogen-bond acceptors (Lipinski definition) is 3. The van der Waals surface area contributed by atoms with Gasteiger partial charge in [-0.05, 0) is 38.1 Å². The van der Waals surface area contributed by atoms with Gasteiger partial charge < -0.3 is 9.46 Å². The summed E-state index contributed by atoms with van der Waals surface area (Å²) in [5.74, 6) is 0. The van der Waals surface area contributed by atoms with Gasteiger partial charge in [-0.25, -0.2) is 0 Å². The molecule has 0 aliphatic carbocycles. The molecule has 22 heavy (non-hydrogen) atoms. The van der Waals surface area contributed by atoms with Crippen molar-refractivity contribution in [2.75, 3.05) is 25.5 Å². The molecule has 0 saturated carbocycles. The Balaban J connectivity index is 1.96. The van der Waals surface area contributed by atoms with Crippen molar-refractivity contribution in [3.63, 3.8) is 0 Å². The van der Waals surface area contributed by atoms with E-state index in [-0.39, 0.29) is 6.29 Å². The van der Waals surface area contributed by atoms with Crippen LogP contribution in [0.5, 0.6) is 0 Å². The average molecular weight is 336 g/mol. The van der Waals surface area contributed by atoms with Crippen LogP contribution >= 0.6 is 7.37 Å². The van der Waals surface area contributed by atoms with Crippen molar-refractivity contribution in [3.05, 3.63) is 42.6 Å². The normalized spacial score (nSPS) is 21.7. The Bertz CT molecular complexity index is 531. The first-order valence-corrected chi connectivity index (χ1v) is 12.9. The lowest BCUT2D eigenvalue weighted by Crippen LogP contribution is -2.44. The second-order valence-corrected chi connectivity index (χ2v) is 13.3. The molecule has 1 saturated heterocycles. The van der Waals surface area contributed by atoms with Gasteiger partial charge in [-0.1, -0.05) is 54.2 Å². The van der Waals surface area contributed by atoms with Crippen LogP contribution in [0.3, 0.4) is 0 Å². The molecule has 0 N–H and O–H groups in total. The fourth-order valence-corrected chi connectivity index (χ4v) is 9.00. The third kappa shape index (κ3) is 4.92. The predicted octanol–water partition coefficient (Wildman–Crippen LogP) is 2.78. The van der Waals surface area contributed by atoms with E-state index in [1.807, 2.05) is 23.9 Å². The van der Waals surface area contributed by atoms with Gasteiger partial charge in [-0.15, -0.1) is 6.58 Å². The van der Waals surface area contributed by atoms with Crippen LogP contribution in [0.15, 0.2) is 42.6 Å². The van der Waals surface area contributed by atoms with Gasteiger partial charge in [0.2, 0.25) is 0 Å².